The number of halogens is 1. The van der Waals surface area contributed by atoms with Crippen molar-refractivity contribution in [3.05, 3.63) is 87.4 Å². The van der Waals surface area contributed by atoms with Crippen LogP contribution in [0.25, 0.3) is 0 Å². The quantitative estimate of drug-likeness (QED) is 0.125. The molecule has 0 aliphatic carbocycles. The van der Waals surface area contributed by atoms with Crippen LogP contribution in [0.2, 0.25) is 0 Å². The number of esters is 1. The van der Waals surface area contributed by atoms with Crippen LogP contribution in [0.4, 0.5) is 4.79 Å². The SMILES string of the molecule is CCOC(=O)C(C)(C)Oc1c(C)cc(C[C@@H]2CN(C(=O)Oc3ccc(Br)cc3)C[C@H]2C(=O)c2ccc(SC)cc2)cc1C. The molecule has 1 amide bonds. The van der Waals surface area contributed by atoms with E-state index < -0.39 is 23.6 Å². The smallest absolute Gasteiger partial charge is 0.415 e. The number of amides is 1. The minimum atomic E-state index is -1.14. The number of thioether (sulfide) groups is 1. The van der Waals surface area contributed by atoms with E-state index in [4.69, 9.17) is 14.2 Å². The first-order chi connectivity index (χ1) is 20.4. The normalized spacial score (nSPS) is 16.6. The number of ether oxygens (including phenoxy) is 3. The Kier molecular flexibility index (Phi) is 10.6. The number of rotatable bonds is 10. The van der Waals surface area contributed by atoms with Crippen molar-refractivity contribution in [2.75, 3.05) is 26.0 Å². The van der Waals surface area contributed by atoms with Gasteiger partial charge in [0.1, 0.15) is 11.5 Å². The van der Waals surface area contributed by atoms with Crippen LogP contribution in [0, 0.1) is 25.7 Å². The number of ketones is 1. The van der Waals surface area contributed by atoms with Gasteiger partial charge >= 0.3 is 12.1 Å². The summed E-state index contributed by atoms with van der Waals surface area (Å²) in [6.07, 6.45) is 2.11. The maximum atomic E-state index is 13.8. The molecule has 3 aromatic rings. The Morgan fingerprint density at radius 2 is 1.60 bits per heavy atom. The van der Waals surface area contributed by atoms with Gasteiger partial charge in [-0.1, -0.05) is 40.2 Å². The molecule has 0 saturated carbocycles. The van der Waals surface area contributed by atoms with Gasteiger partial charge in [-0.15, -0.1) is 11.8 Å². The molecule has 0 bridgehead atoms. The molecule has 1 fully saturated rings. The lowest BCUT2D eigenvalue weighted by molar-refractivity contribution is -0.158. The van der Waals surface area contributed by atoms with Gasteiger partial charge in [0, 0.05) is 33.9 Å². The largest absolute Gasteiger partial charge is 0.476 e. The molecule has 228 valence electrons. The molecule has 1 aliphatic heterocycles. The van der Waals surface area contributed by atoms with E-state index in [2.05, 4.69) is 15.9 Å². The first kappa shape index (κ1) is 32.6. The molecule has 43 heavy (non-hydrogen) atoms. The van der Waals surface area contributed by atoms with Gasteiger partial charge in [0.15, 0.2) is 11.4 Å². The third-order valence-electron chi connectivity index (χ3n) is 7.57. The third-order valence-corrected chi connectivity index (χ3v) is 8.84. The molecular weight excluding hydrogens is 630 g/mol. The fourth-order valence-electron chi connectivity index (χ4n) is 5.38. The monoisotopic (exact) mass is 667 g/mol. The highest BCUT2D eigenvalue weighted by Gasteiger charge is 2.41. The van der Waals surface area contributed by atoms with Gasteiger partial charge in [0.25, 0.3) is 0 Å². The van der Waals surface area contributed by atoms with Crippen molar-refractivity contribution in [3.8, 4) is 11.5 Å². The number of Topliss-reactive ketones (excluding diaryl/α,β-unsaturated/α-hetero) is 1. The third kappa shape index (κ3) is 8.00. The first-order valence-corrected chi connectivity index (χ1v) is 16.3. The Balaban J connectivity index is 1.57. The molecule has 2 atom stereocenters. The van der Waals surface area contributed by atoms with Crippen LogP contribution in [0.3, 0.4) is 0 Å². The number of hydrogen-bond donors (Lipinski definition) is 0. The van der Waals surface area contributed by atoms with Crippen molar-refractivity contribution in [3.63, 3.8) is 0 Å². The average Bonchev–Trinajstić information content (AvgIpc) is 3.40. The second-order valence-corrected chi connectivity index (χ2v) is 13.1. The summed E-state index contributed by atoms with van der Waals surface area (Å²) in [6, 6.07) is 18.8. The van der Waals surface area contributed by atoms with Gasteiger partial charge in [-0.3, -0.25) is 4.79 Å². The van der Waals surface area contributed by atoms with Gasteiger partial charge in [0.05, 0.1) is 6.61 Å². The highest BCUT2D eigenvalue weighted by molar-refractivity contribution is 9.10. The molecule has 7 nitrogen and oxygen atoms in total. The van der Waals surface area contributed by atoms with E-state index in [-0.39, 0.29) is 24.9 Å². The molecule has 0 radical (unpaired) electrons. The van der Waals surface area contributed by atoms with E-state index >= 15 is 0 Å². The van der Waals surface area contributed by atoms with Gasteiger partial charge in [-0.05, 0) is 106 Å². The Labute approximate surface area is 266 Å². The maximum absolute atomic E-state index is 13.8. The lowest BCUT2D eigenvalue weighted by Gasteiger charge is -2.27. The van der Waals surface area contributed by atoms with E-state index in [0.29, 0.717) is 30.0 Å². The van der Waals surface area contributed by atoms with Crippen LogP contribution < -0.4 is 9.47 Å². The molecule has 9 heteroatoms. The maximum Gasteiger partial charge on any atom is 0.415 e. The van der Waals surface area contributed by atoms with Crippen LogP contribution in [-0.4, -0.2) is 54.3 Å². The molecule has 1 aliphatic rings. The number of benzene rings is 3. The van der Waals surface area contributed by atoms with E-state index in [1.165, 1.54) is 0 Å². The summed E-state index contributed by atoms with van der Waals surface area (Å²) in [6.45, 7) is 9.98. The number of carbonyl (C=O) groups excluding carboxylic acids is 3. The molecular formula is C34H38BrNO6S. The van der Waals surface area contributed by atoms with Crippen molar-refractivity contribution in [2.45, 2.75) is 51.5 Å². The predicted octanol–water partition coefficient (Wildman–Crippen LogP) is 7.68. The van der Waals surface area contributed by atoms with Crippen molar-refractivity contribution in [1.82, 2.24) is 4.90 Å². The van der Waals surface area contributed by atoms with E-state index in [1.807, 2.05) is 68.6 Å². The van der Waals surface area contributed by atoms with Crippen LogP contribution in [0.15, 0.2) is 70.0 Å². The van der Waals surface area contributed by atoms with Gasteiger partial charge in [0.2, 0.25) is 0 Å². The Morgan fingerprint density at radius 3 is 2.19 bits per heavy atom. The van der Waals surface area contributed by atoms with Crippen molar-refractivity contribution in [1.29, 1.82) is 0 Å². The topological polar surface area (TPSA) is 82.1 Å². The molecule has 0 unspecified atom stereocenters. The van der Waals surface area contributed by atoms with Crippen LogP contribution in [0.1, 0.15) is 47.8 Å². The summed E-state index contributed by atoms with van der Waals surface area (Å²) in [4.78, 5) is 42.2. The second kappa shape index (κ2) is 14.0. The molecule has 1 heterocycles. The average molecular weight is 669 g/mol. The Bertz CT molecular complexity index is 1450. The van der Waals surface area contributed by atoms with Crippen LogP contribution in [-0.2, 0) is 16.0 Å². The highest BCUT2D eigenvalue weighted by atomic mass is 79.9. The first-order valence-electron chi connectivity index (χ1n) is 14.3. The molecule has 4 rings (SSSR count). The van der Waals surface area contributed by atoms with Crippen molar-refractivity contribution in [2.24, 2.45) is 11.8 Å². The summed E-state index contributed by atoms with van der Waals surface area (Å²) in [5.41, 5.74) is 2.28. The van der Waals surface area contributed by atoms with E-state index in [0.717, 1.165) is 26.1 Å². The summed E-state index contributed by atoms with van der Waals surface area (Å²) in [5, 5.41) is 0. The summed E-state index contributed by atoms with van der Waals surface area (Å²) >= 11 is 5.02. The lowest BCUT2D eigenvalue weighted by atomic mass is 9.84. The number of nitrogens with zero attached hydrogens (tertiary/aromatic N) is 1. The van der Waals surface area contributed by atoms with Crippen LogP contribution in [0.5, 0.6) is 11.5 Å². The Morgan fingerprint density at radius 1 is 0.977 bits per heavy atom. The van der Waals surface area contributed by atoms with E-state index in [9.17, 15) is 14.4 Å². The van der Waals surface area contributed by atoms with E-state index in [1.54, 1.807) is 49.6 Å². The van der Waals surface area contributed by atoms with Crippen molar-refractivity contribution >= 4 is 45.5 Å². The van der Waals surface area contributed by atoms with Gasteiger partial charge < -0.3 is 19.1 Å². The standard InChI is InChI=1S/C34H38BrNO6S/c1-7-40-32(38)34(4,5)42-31-21(2)16-23(17-22(31)3)18-25-19-36(33(39)41-27-12-10-26(35)11-13-27)20-29(25)30(37)24-8-14-28(43-6)15-9-24/h8-17,25,29H,7,18-20H2,1-6H3/t25-,29-/m1/s1. The molecule has 0 aromatic heterocycles. The predicted molar refractivity (Wildman–Crippen MR) is 172 cm³/mol. The number of carbonyl (C=O) groups is 3. The minimum Gasteiger partial charge on any atom is -0.476 e. The summed E-state index contributed by atoms with van der Waals surface area (Å²) < 4.78 is 17.9. The second-order valence-electron chi connectivity index (χ2n) is 11.3. The zero-order valence-electron chi connectivity index (χ0n) is 25.4. The molecule has 3 aromatic carbocycles. The van der Waals surface area contributed by atoms with Gasteiger partial charge in [-0.2, -0.15) is 0 Å². The molecule has 1 saturated heterocycles. The minimum absolute atomic E-state index is 0.0150. The Hall–Kier alpha value is -3.30. The highest BCUT2D eigenvalue weighted by Crippen LogP contribution is 2.34. The zero-order valence-corrected chi connectivity index (χ0v) is 27.8. The lowest BCUT2D eigenvalue weighted by Crippen LogP contribution is -2.40. The van der Waals surface area contributed by atoms with Gasteiger partial charge in [-0.25, -0.2) is 9.59 Å². The molecule has 0 spiro atoms. The number of aryl methyl sites for hydroxylation is 2. The fourth-order valence-corrected chi connectivity index (χ4v) is 6.06. The summed E-state index contributed by atoms with van der Waals surface area (Å²) in [5.74, 6) is 0.157. The number of hydrogen-bond acceptors (Lipinski definition) is 7. The molecule has 0 N–H and O–H groups in total. The summed E-state index contributed by atoms with van der Waals surface area (Å²) in [7, 11) is 0. The number of likely N-dealkylation sites (tertiary alicyclic amines) is 1. The van der Waals surface area contributed by atoms with Crippen molar-refractivity contribution < 1.29 is 28.6 Å². The zero-order chi connectivity index (χ0) is 31.3. The van der Waals surface area contributed by atoms with Crippen LogP contribution >= 0.6 is 27.7 Å². The fraction of sp³-hybridized carbons (Fsp3) is 0.382.